The molecule has 1 saturated heterocycles. The number of hydrogen-bond acceptors (Lipinski definition) is 4. The number of anilines is 2. The van der Waals surface area contributed by atoms with Gasteiger partial charge in [-0.2, -0.15) is 0 Å². The molecule has 34 heavy (non-hydrogen) atoms. The maximum absolute atomic E-state index is 14.1. The molecule has 0 spiro atoms. The van der Waals surface area contributed by atoms with Crippen molar-refractivity contribution in [3.05, 3.63) is 95.3 Å². The number of fused-ring (bicyclic) bond motifs is 1. The molecule has 6 nitrogen and oxygen atoms in total. The summed E-state index contributed by atoms with van der Waals surface area (Å²) in [7, 11) is 0. The quantitative estimate of drug-likeness (QED) is 0.613. The van der Waals surface area contributed by atoms with Gasteiger partial charge in [0.05, 0.1) is 22.6 Å². The van der Waals surface area contributed by atoms with E-state index in [4.69, 9.17) is 0 Å². The minimum atomic E-state index is -1.14. The topological polar surface area (TPSA) is 73.8 Å². The monoisotopic (exact) mass is 456 g/mol. The van der Waals surface area contributed by atoms with Gasteiger partial charge < -0.3 is 15.5 Å². The van der Waals surface area contributed by atoms with E-state index in [9.17, 15) is 14.0 Å². The largest absolute Gasteiger partial charge is 0.371 e. The summed E-state index contributed by atoms with van der Waals surface area (Å²) in [6.07, 6.45) is 1.96. The highest BCUT2D eigenvalue weighted by Gasteiger charge is 2.28. The van der Waals surface area contributed by atoms with Crippen LogP contribution in [0.15, 0.2) is 77.8 Å². The van der Waals surface area contributed by atoms with Crippen molar-refractivity contribution in [2.24, 2.45) is 4.99 Å². The fourth-order valence-corrected chi connectivity index (χ4v) is 4.48. The van der Waals surface area contributed by atoms with Crippen LogP contribution in [0.5, 0.6) is 0 Å². The van der Waals surface area contributed by atoms with Gasteiger partial charge in [0.25, 0.3) is 11.8 Å². The first-order valence-electron chi connectivity index (χ1n) is 11.5. The summed E-state index contributed by atoms with van der Waals surface area (Å²) < 4.78 is 14.1. The second-order valence-electron chi connectivity index (χ2n) is 8.46. The van der Waals surface area contributed by atoms with Gasteiger partial charge in [0.1, 0.15) is 5.82 Å². The van der Waals surface area contributed by atoms with Crippen molar-refractivity contribution >= 4 is 28.9 Å². The predicted octanol–water partition coefficient (Wildman–Crippen LogP) is 4.36. The SMILES string of the molecule is O=C(N[C@H]1N=C(c2ccccc2)c2ccccc2NC1=O)c1ccc(F)cc1N1CCCCC1. The van der Waals surface area contributed by atoms with E-state index in [0.29, 0.717) is 22.6 Å². The maximum atomic E-state index is 14.1. The fraction of sp³-hybridized carbons (Fsp3) is 0.222. The summed E-state index contributed by atoms with van der Waals surface area (Å²) >= 11 is 0. The zero-order valence-electron chi connectivity index (χ0n) is 18.6. The second kappa shape index (κ2) is 9.47. The van der Waals surface area contributed by atoms with Crippen LogP contribution in [-0.2, 0) is 4.79 Å². The second-order valence-corrected chi connectivity index (χ2v) is 8.46. The number of nitrogens with zero attached hydrogens (tertiary/aromatic N) is 2. The van der Waals surface area contributed by atoms with Crippen LogP contribution < -0.4 is 15.5 Å². The number of benzodiazepines with no additional fused rings is 1. The molecule has 2 aliphatic heterocycles. The third kappa shape index (κ3) is 4.41. The van der Waals surface area contributed by atoms with Crippen molar-refractivity contribution in [2.45, 2.75) is 25.4 Å². The molecule has 2 heterocycles. The Labute approximate surface area is 197 Å². The molecule has 2 amide bonds. The summed E-state index contributed by atoms with van der Waals surface area (Å²) in [6, 6.07) is 21.1. The number of carbonyl (C=O) groups is 2. The Balaban J connectivity index is 1.50. The van der Waals surface area contributed by atoms with Crippen LogP contribution in [0.2, 0.25) is 0 Å². The van der Waals surface area contributed by atoms with Crippen LogP contribution >= 0.6 is 0 Å². The molecule has 0 bridgehead atoms. The number of rotatable bonds is 4. The van der Waals surface area contributed by atoms with Crippen molar-refractivity contribution in [3.8, 4) is 0 Å². The zero-order valence-corrected chi connectivity index (χ0v) is 18.6. The van der Waals surface area contributed by atoms with Crippen LogP contribution in [-0.4, -0.2) is 36.8 Å². The lowest BCUT2D eigenvalue weighted by Crippen LogP contribution is -2.43. The number of nitrogens with one attached hydrogen (secondary N) is 2. The van der Waals surface area contributed by atoms with Crippen LogP contribution in [0.25, 0.3) is 0 Å². The minimum Gasteiger partial charge on any atom is -0.371 e. The molecular weight excluding hydrogens is 431 g/mol. The standard InChI is InChI=1S/C27H25FN4O2/c28-19-13-14-21(23(17-19)32-15-7-2-8-16-32)26(33)31-25-27(34)29-22-12-6-5-11-20(22)24(30-25)18-9-3-1-4-10-18/h1,3-6,9-14,17,25H,2,7-8,15-16H2,(H,29,34)(H,31,33)/t25-/m1/s1. The number of benzene rings is 3. The third-order valence-electron chi connectivity index (χ3n) is 6.16. The third-order valence-corrected chi connectivity index (χ3v) is 6.16. The van der Waals surface area contributed by atoms with Gasteiger partial charge >= 0.3 is 0 Å². The molecular formula is C27H25FN4O2. The molecule has 0 radical (unpaired) electrons. The molecule has 3 aromatic rings. The maximum Gasteiger partial charge on any atom is 0.269 e. The van der Waals surface area contributed by atoms with Gasteiger partial charge in [-0.25, -0.2) is 9.38 Å². The van der Waals surface area contributed by atoms with Gasteiger partial charge in [0, 0.05) is 24.2 Å². The Bertz CT molecular complexity index is 1250. The van der Waals surface area contributed by atoms with Crippen LogP contribution in [0, 0.1) is 5.82 Å². The number of hydrogen-bond donors (Lipinski definition) is 2. The summed E-state index contributed by atoms with van der Waals surface area (Å²) in [5.41, 5.74) is 3.71. The lowest BCUT2D eigenvalue weighted by atomic mass is 10.0. The van der Waals surface area contributed by atoms with Gasteiger partial charge in [0.2, 0.25) is 6.17 Å². The molecule has 1 atom stereocenters. The van der Waals surface area contributed by atoms with Crippen LogP contribution in [0.4, 0.5) is 15.8 Å². The minimum absolute atomic E-state index is 0.328. The Morgan fingerprint density at radius 3 is 2.50 bits per heavy atom. The first-order chi connectivity index (χ1) is 16.6. The van der Waals surface area contributed by atoms with Crippen molar-refractivity contribution in [1.82, 2.24) is 5.32 Å². The Morgan fingerprint density at radius 2 is 1.71 bits per heavy atom. The van der Waals surface area contributed by atoms with E-state index < -0.39 is 23.8 Å². The fourth-order valence-electron chi connectivity index (χ4n) is 4.48. The number of para-hydroxylation sites is 1. The lowest BCUT2D eigenvalue weighted by Gasteiger charge is -2.30. The number of carbonyl (C=O) groups excluding carboxylic acids is 2. The van der Waals surface area contributed by atoms with E-state index in [1.165, 1.54) is 18.2 Å². The average molecular weight is 457 g/mol. The number of halogens is 1. The smallest absolute Gasteiger partial charge is 0.269 e. The van der Waals surface area contributed by atoms with E-state index in [0.717, 1.165) is 43.5 Å². The first-order valence-corrected chi connectivity index (χ1v) is 11.5. The van der Waals surface area contributed by atoms with Crippen molar-refractivity contribution in [3.63, 3.8) is 0 Å². The van der Waals surface area contributed by atoms with Crippen molar-refractivity contribution in [2.75, 3.05) is 23.3 Å². The van der Waals surface area contributed by atoms with E-state index in [1.807, 2.05) is 59.5 Å². The predicted molar refractivity (Wildman–Crippen MR) is 131 cm³/mol. The highest BCUT2D eigenvalue weighted by atomic mass is 19.1. The molecule has 5 rings (SSSR count). The molecule has 0 saturated carbocycles. The summed E-state index contributed by atoms with van der Waals surface area (Å²) in [4.78, 5) is 33.1. The van der Waals surface area contributed by atoms with Gasteiger partial charge in [-0.15, -0.1) is 0 Å². The van der Waals surface area contributed by atoms with Crippen LogP contribution in [0.3, 0.4) is 0 Å². The van der Waals surface area contributed by atoms with Crippen LogP contribution in [0.1, 0.15) is 40.7 Å². The van der Waals surface area contributed by atoms with Gasteiger partial charge in [-0.1, -0.05) is 48.5 Å². The molecule has 0 aromatic heterocycles. The Morgan fingerprint density at radius 1 is 0.971 bits per heavy atom. The lowest BCUT2D eigenvalue weighted by molar-refractivity contribution is -0.117. The van der Waals surface area contributed by atoms with E-state index in [-0.39, 0.29) is 0 Å². The molecule has 0 unspecified atom stereocenters. The highest BCUT2D eigenvalue weighted by Crippen LogP contribution is 2.27. The molecule has 172 valence electrons. The summed E-state index contributed by atoms with van der Waals surface area (Å²) in [5, 5.41) is 5.65. The molecule has 1 fully saturated rings. The highest BCUT2D eigenvalue weighted by molar-refractivity contribution is 6.20. The van der Waals surface area contributed by atoms with Crippen molar-refractivity contribution in [1.29, 1.82) is 0 Å². The normalized spacial score (nSPS) is 17.8. The van der Waals surface area contributed by atoms with Gasteiger partial charge in [0.15, 0.2) is 0 Å². The summed E-state index contributed by atoms with van der Waals surface area (Å²) in [6.45, 7) is 1.53. The average Bonchev–Trinajstić information content (AvgIpc) is 3.01. The molecule has 3 aromatic carbocycles. The molecule has 2 aliphatic rings. The van der Waals surface area contributed by atoms with E-state index in [2.05, 4.69) is 15.6 Å². The number of aliphatic imine (C=N–C) groups is 1. The molecule has 2 N–H and O–H groups in total. The first kappa shape index (κ1) is 21.8. The molecule has 0 aliphatic carbocycles. The van der Waals surface area contributed by atoms with Gasteiger partial charge in [-0.05, 0) is 43.5 Å². The van der Waals surface area contributed by atoms with Gasteiger partial charge in [-0.3, -0.25) is 9.59 Å². The van der Waals surface area contributed by atoms with Crippen molar-refractivity contribution < 1.29 is 14.0 Å². The molecule has 7 heteroatoms. The number of piperidine rings is 1. The zero-order chi connectivity index (χ0) is 23.5. The Hall–Kier alpha value is -4.00. The van der Waals surface area contributed by atoms with E-state index >= 15 is 0 Å². The Kier molecular flexibility index (Phi) is 6.08. The number of amides is 2. The summed E-state index contributed by atoms with van der Waals surface area (Å²) in [5.74, 6) is -1.31. The van der Waals surface area contributed by atoms with E-state index in [1.54, 1.807) is 0 Å².